The highest BCUT2D eigenvalue weighted by Gasteiger charge is 2.37. The number of hydrogen-bond donors (Lipinski definition) is 3. The second kappa shape index (κ2) is 7.66. The Labute approximate surface area is 141 Å². The van der Waals surface area contributed by atoms with Gasteiger partial charge in [-0.3, -0.25) is 4.79 Å². The number of amides is 1. The van der Waals surface area contributed by atoms with Crippen molar-refractivity contribution in [3.63, 3.8) is 0 Å². The van der Waals surface area contributed by atoms with E-state index in [1.165, 1.54) is 0 Å². The van der Waals surface area contributed by atoms with Crippen LogP contribution in [0.25, 0.3) is 0 Å². The third-order valence-electron chi connectivity index (χ3n) is 4.30. The first-order chi connectivity index (χ1) is 11.0. The number of carbonyl (C=O) groups is 1. The number of carbonyl (C=O) groups excluding carboxylic acids is 1. The molecule has 1 aliphatic rings. The predicted octanol–water partition coefficient (Wildman–Crippen LogP) is 2.15. The minimum atomic E-state index is -0.153. The lowest BCUT2D eigenvalue weighted by atomic mass is 9.85. The summed E-state index contributed by atoms with van der Waals surface area (Å²) >= 11 is 5.97. The summed E-state index contributed by atoms with van der Waals surface area (Å²) in [6.07, 6.45) is 2.09. The number of nitrogens with zero attached hydrogens (tertiary/aromatic N) is 2. The lowest BCUT2D eigenvalue weighted by molar-refractivity contribution is -0.144. The van der Waals surface area contributed by atoms with E-state index in [0.717, 1.165) is 18.4 Å². The van der Waals surface area contributed by atoms with Crippen LogP contribution in [0.15, 0.2) is 29.4 Å². The zero-order valence-electron chi connectivity index (χ0n) is 13.5. The molecule has 0 aromatic heterocycles. The van der Waals surface area contributed by atoms with Crippen LogP contribution in [0.3, 0.4) is 0 Å². The third kappa shape index (κ3) is 3.95. The van der Waals surface area contributed by atoms with Crippen LogP contribution in [-0.2, 0) is 4.79 Å². The molecule has 0 radical (unpaired) electrons. The lowest BCUT2D eigenvalue weighted by Crippen LogP contribution is -2.48. The number of nitrogens with one attached hydrogen (secondary N) is 1. The molecule has 2 rings (SSSR count). The molecule has 7 heteroatoms. The van der Waals surface area contributed by atoms with Gasteiger partial charge in [0, 0.05) is 23.4 Å². The summed E-state index contributed by atoms with van der Waals surface area (Å²) in [7, 11) is 0. The molecule has 1 saturated heterocycles. The number of hydrazone groups is 1. The maximum absolute atomic E-state index is 12.9. The minimum Gasteiger partial charge on any atom is -0.333 e. The monoisotopic (exact) mass is 337 g/mol. The van der Waals surface area contributed by atoms with Crippen molar-refractivity contribution in [2.24, 2.45) is 22.7 Å². The van der Waals surface area contributed by atoms with E-state index in [9.17, 15) is 4.79 Å². The van der Waals surface area contributed by atoms with Gasteiger partial charge >= 0.3 is 0 Å². The second-order valence-corrected chi connectivity index (χ2v) is 6.54. The highest BCUT2D eigenvalue weighted by Crippen LogP contribution is 2.37. The highest BCUT2D eigenvalue weighted by molar-refractivity contribution is 6.30. The van der Waals surface area contributed by atoms with Gasteiger partial charge in [-0.05, 0) is 44.4 Å². The maximum atomic E-state index is 12.9. The molecular formula is C16H24ClN5O. The Kier molecular flexibility index (Phi) is 5.85. The van der Waals surface area contributed by atoms with Crippen LogP contribution in [0.1, 0.15) is 44.7 Å². The summed E-state index contributed by atoms with van der Waals surface area (Å²) in [5.74, 6) is 11.1. The van der Waals surface area contributed by atoms with Crippen molar-refractivity contribution < 1.29 is 4.79 Å². The van der Waals surface area contributed by atoms with E-state index in [1.807, 2.05) is 43.0 Å². The van der Waals surface area contributed by atoms with Gasteiger partial charge in [-0.2, -0.15) is 5.10 Å². The van der Waals surface area contributed by atoms with E-state index in [-0.39, 0.29) is 23.9 Å². The van der Waals surface area contributed by atoms with Gasteiger partial charge in [-0.25, -0.2) is 5.84 Å². The van der Waals surface area contributed by atoms with E-state index in [1.54, 1.807) is 0 Å². The van der Waals surface area contributed by atoms with Crippen LogP contribution in [0.2, 0.25) is 5.02 Å². The third-order valence-corrected chi connectivity index (χ3v) is 4.55. The Morgan fingerprint density at radius 2 is 2.04 bits per heavy atom. The number of benzene rings is 1. The molecule has 1 aromatic rings. The molecule has 1 heterocycles. The van der Waals surface area contributed by atoms with Crippen molar-refractivity contribution in [2.75, 3.05) is 0 Å². The molecule has 0 spiro atoms. The Balaban J connectivity index is 2.22. The number of hydrogen-bond acceptors (Lipinski definition) is 4. The van der Waals surface area contributed by atoms with Crippen LogP contribution >= 0.6 is 11.6 Å². The number of hydrazine groups is 1. The molecule has 2 atom stereocenters. The van der Waals surface area contributed by atoms with Crippen molar-refractivity contribution in [2.45, 2.75) is 45.2 Å². The predicted molar refractivity (Wildman–Crippen MR) is 92.5 cm³/mol. The topological polar surface area (TPSA) is 96.7 Å². The molecule has 0 bridgehead atoms. The first-order valence-electron chi connectivity index (χ1n) is 7.79. The summed E-state index contributed by atoms with van der Waals surface area (Å²) in [4.78, 5) is 14.9. The summed E-state index contributed by atoms with van der Waals surface area (Å²) in [6.45, 7) is 4.06. The smallest absolute Gasteiger partial charge is 0.226 e. The Bertz CT molecular complexity index is 572. The molecule has 1 amide bonds. The molecule has 0 saturated carbocycles. The van der Waals surface area contributed by atoms with E-state index in [4.69, 9.17) is 23.3 Å². The fourth-order valence-corrected chi connectivity index (χ4v) is 3.31. The number of likely N-dealkylation sites (tertiary alicyclic amines) is 1. The average molecular weight is 338 g/mol. The van der Waals surface area contributed by atoms with E-state index in [0.29, 0.717) is 17.3 Å². The van der Waals surface area contributed by atoms with Crippen LogP contribution < -0.4 is 17.1 Å². The summed E-state index contributed by atoms with van der Waals surface area (Å²) in [5.41, 5.74) is 3.56. The molecular weight excluding hydrogens is 314 g/mol. The zero-order chi connectivity index (χ0) is 17.0. The Hall–Kier alpha value is -1.79. The summed E-state index contributed by atoms with van der Waals surface area (Å²) in [6, 6.07) is 7.89. The van der Waals surface area contributed by atoms with Gasteiger partial charge in [0.2, 0.25) is 5.91 Å². The van der Waals surface area contributed by atoms with E-state index in [2.05, 4.69) is 10.5 Å². The Morgan fingerprint density at radius 1 is 1.39 bits per heavy atom. The van der Waals surface area contributed by atoms with Crippen molar-refractivity contribution in [1.82, 2.24) is 10.3 Å². The molecule has 5 N–H and O–H groups in total. The summed E-state index contributed by atoms with van der Waals surface area (Å²) in [5, 5.41) is 4.28. The molecule has 23 heavy (non-hydrogen) atoms. The minimum absolute atomic E-state index is 0.0696. The normalized spacial score (nSPS) is 22.6. The maximum Gasteiger partial charge on any atom is 0.226 e. The number of amidine groups is 1. The second-order valence-electron chi connectivity index (χ2n) is 6.11. The van der Waals surface area contributed by atoms with Crippen molar-refractivity contribution in [1.29, 1.82) is 0 Å². The summed E-state index contributed by atoms with van der Waals surface area (Å²) < 4.78 is 0. The molecule has 1 aromatic carbocycles. The molecule has 2 unspecified atom stereocenters. The average Bonchev–Trinajstić information content (AvgIpc) is 2.54. The largest absolute Gasteiger partial charge is 0.333 e. The molecule has 1 aliphatic heterocycles. The molecule has 126 valence electrons. The quantitative estimate of drug-likeness (QED) is 0.339. The van der Waals surface area contributed by atoms with Crippen molar-refractivity contribution >= 4 is 23.3 Å². The zero-order valence-corrected chi connectivity index (χ0v) is 14.3. The standard InChI is InChI=1S/C16H24ClN5O/c1-10(2)22-14(11-3-6-13(17)7-4-11)8-5-12(16(22)23)9-15(20-18)21-19/h3-4,6-7,10,12,14H,5,8-9,18-19H2,1-2H3,(H,20,21). The highest BCUT2D eigenvalue weighted by atomic mass is 35.5. The number of rotatable bonds is 4. The number of piperidine rings is 1. The molecule has 1 fully saturated rings. The van der Waals surface area contributed by atoms with E-state index < -0.39 is 0 Å². The van der Waals surface area contributed by atoms with Crippen LogP contribution in [0.5, 0.6) is 0 Å². The van der Waals surface area contributed by atoms with Gasteiger partial charge in [0.25, 0.3) is 0 Å². The van der Waals surface area contributed by atoms with Gasteiger partial charge in [0.05, 0.1) is 6.04 Å². The molecule has 0 aliphatic carbocycles. The van der Waals surface area contributed by atoms with Gasteiger partial charge in [0.1, 0.15) is 5.84 Å². The van der Waals surface area contributed by atoms with Crippen LogP contribution in [0.4, 0.5) is 0 Å². The number of halogens is 1. The van der Waals surface area contributed by atoms with Gasteiger partial charge in [-0.15, -0.1) is 0 Å². The fraction of sp³-hybridized carbons (Fsp3) is 0.500. The van der Waals surface area contributed by atoms with E-state index >= 15 is 0 Å². The van der Waals surface area contributed by atoms with Crippen molar-refractivity contribution in [3.8, 4) is 0 Å². The SMILES string of the molecule is CC(C)N1C(=O)C(C/C(=N/N)NN)CCC1c1ccc(Cl)cc1. The lowest BCUT2D eigenvalue weighted by Gasteiger charge is -2.42. The molecule has 6 nitrogen and oxygen atoms in total. The van der Waals surface area contributed by atoms with Gasteiger partial charge < -0.3 is 16.2 Å². The van der Waals surface area contributed by atoms with Crippen molar-refractivity contribution in [3.05, 3.63) is 34.9 Å². The first-order valence-corrected chi connectivity index (χ1v) is 8.16. The number of nitrogens with two attached hydrogens (primary N) is 2. The van der Waals surface area contributed by atoms with Gasteiger partial charge in [0.15, 0.2) is 0 Å². The fourth-order valence-electron chi connectivity index (χ4n) is 3.18. The van der Waals surface area contributed by atoms with Crippen LogP contribution in [0, 0.1) is 5.92 Å². The van der Waals surface area contributed by atoms with Crippen LogP contribution in [-0.4, -0.2) is 22.7 Å². The Morgan fingerprint density at radius 3 is 2.57 bits per heavy atom. The van der Waals surface area contributed by atoms with Gasteiger partial charge in [-0.1, -0.05) is 23.7 Å². The first kappa shape index (κ1) is 17.6.